The normalized spacial score (nSPS) is 30.2. The van der Waals surface area contributed by atoms with Crippen molar-refractivity contribution in [2.45, 2.75) is 24.9 Å². The van der Waals surface area contributed by atoms with Crippen molar-refractivity contribution >= 4 is 29.1 Å². The summed E-state index contributed by atoms with van der Waals surface area (Å²) >= 11 is 1.40. The number of nitrogens with one attached hydrogen (secondary N) is 1. The lowest BCUT2D eigenvalue weighted by atomic mass is 9.78. The van der Waals surface area contributed by atoms with E-state index in [0.29, 0.717) is 6.42 Å². The van der Waals surface area contributed by atoms with Gasteiger partial charge in [0.2, 0.25) is 11.8 Å². The number of fused-ring (bicyclic) bond motifs is 1. The first kappa shape index (κ1) is 18.6. The number of methoxy groups -OCH3 is 1. The number of rotatable bonds is 3. The fourth-order valence-electron chi connectivity index (χ4n) is 3.95. The average molecular weight is 376 g/mol. The molecule has 0 aliphatic carbocycles. The van der Waals surface area contributed by atoms with Gasteiger partial charge in [-0.25, -0.2) is 0 Å². The van der Waals surface area contributed by atoms with Crippen LogP contribution in [0.4, 0.5) is 0 Å². The molecule has 26 heavy (non-hydrogen) atoms. The molecule has 0 radical (unpaired) electrons. The fraction of sp³-hybridized carbons (Fsp3) is 0.500. The first-order valence-corrected chi connectivity index (χ1v) is 9.15. The Morgan fingerprint density at radius 1 is 1.46 bits per heavy atom. The van der Waals surface area contributed by atoms with Gasteiger partial charge < -0.3 is 9.84 Å². The molecule has 0 unspecified atom stereocenters. The molecule has 2 aliphatic rings. The van der Waals surface area contributed by atoms with Crippen molar-refractivity contribution in [3.63, 3.8) is 0 Å². The Labute approximate surface area is 155 Å². The largest absolute Gasteiger partial charge is 0.468 e. The van der Waals surface area contributed by atoms with Gasteiger partial charge in [-0.1, -0.05) is 18.8 Å². The summed E-state index contributed by atoms with van der Waals surface area (Å²) in [4.78, 5) is 40.0. The molecule has 138 valence electrons. The van der Waals surface area contributed by atoms with E-state index in [9.17, 15) is 14.4 Å². The average Bonchev–Trinajstić information content (AvgIpc) is 3.31. The summed E-state index contributed by atoms with van der Waals surface area (Å²) in [5.74, 6) is 2.75. The van der Waals surface area contributed by atoms with Crippen LogP contribution < -0.4 is 5.32 Å². The summed E-state index contributed by atoms with van der Waals surface area (Å²) in [6.45, 7) is 1.56. The van der Waals surface area contributed by atoms with Crippen LogP contribution >= 0.6 is 11.3 Å². The van der Waals surface area contributed by atoms with Crippen LogP contribution in [-0.2, 0) is 19.1 Å². The van der Waals surface area contributed by atoms with E-state index in [4.69, 9.17) is 9.84 Å². The van der Waals surface area contributed by atoms with E-state index >= 15 is 0 Å². The van der Waals surface area contributed by atoms with Crippen LogP contribution in [0, 0.1) is 23.7 Å². The van der Waals surface area contributed by atoms with Gasteiger partial charge in [-0.3, -0.25) is 24.6 Å². The molecule has 0 bridgehead atoms. The molecule has 8 heteroatoms. The minimum atomic E-state index is -1.23. The molecule has 4 atom stereocenters. The minimum Gasteiger partial charge on any atom is -0.468 e. The monoisotopic (exact) mass is 376 g/mol. The van der Waals surface area contributed by atoms with Crippen LogP contribution in [0.5, 0.6) is 0 Å². The Morgan fingerprint density at radius 2 is 2.19 bits per heavy atom. The molecular formula is C18H20N2O5S. The summed E-state index contributed by atoms with van der Waals surface area (Å²) in [6, 6.07) is 1.34. The number of aliphatic hydroxyl groups is 1. The standard InChI is InChI=1S/C18H20N2O5S/c1-4-18(17(24)25-3)13-12(15(22)20(2)16(13)23)14(19-18)11-8-10(9-26-11)6-5-7-21/h8-9,12-14,19,21H,4,7H2,1-3H3/t12-,13-,14-,18-/m0/s1. The summed E-state index contributed by atoms with van der Waals surface area (Å²) in [7, 11) is 2.73. The van der Waals surface area contributed by atoms with Crippen LogP contribution in [-0.4, -0.2) is 54.1 Å². The predicted octanol–water partition coefficient (Wildman–Crippen LogP) is 0.289. The number of thiophene rings is 1. The molecule has 1 aromatic rings. The van der Waals surface area contributed by atoms with Crippen LogP contribution in [0.1, 0.15) is 29.8 Å². The van der Waals surface area contributed by atoms with Gasteiger partial charge in [0, 0.05) is 22.9 Å². The molecule has 2 saturated heterocycles. The Hall–Kier alpha value is -2.21. The van der Waals surface area contributed by atoms with Gasteiger partial charge in [-0.15, -0.1) is 11.3 Å². The van der Waals surface area contributed by atoms with Crippen molar-refractivity contribution in [1.29, 1.82) is 0 Å². The number of hydrogen-bond acceptors (Lipinski definition) is 7. The van der Waals surface area contributed by atoms with Gasteiger partial charge in [0.25, 0.3) is 0 Å². The number of amides is 2. The second kappa shape index (κ2) is 6.83. The summed E-state index contributed by atoms with van der Waals surface area (Å²) < 4.78 is 4.97. The fourth-order valence-corrected chi connectivity index (χ4v) is 4.89. The molecule has 7 nitrogen and oxygen atoms in total. The summed E-state index contributed by atoms with van der Waals surface area (Å²) in [6.07, 6.45) is 0.326. The third-order valence-corrected chi connectivity index (χ3v) is 6.24. The lowest BCUT2D eigenvalue weighted by Gasteiger charge is -2.30. The Bertz CT molecular complexity index is 823. The van der Waals surface area contributed by atoms with Crippen molar-refractivity contribution in [3.8, 4) is 11.8 Å². The zero-order valence-electron chi connectivity index (χ0n) is 14.7. The molecular weight excluding hydrogens is 356 g/mol. The summed E-state index contributed by atoms with van der Waals surface area (Å²) in [5, 5.41) is 13.9. The van der Waals surface area contributed by atoms with E-state index in [1.54, 1.807) is 6.92 Å². The Kier molecular flexibility index (Phi) is 4.88. The van der Waals surface area contributed by atoms with Crippen molar-refractivity contribution in [2.75, 3.05) is 20.8 Å². The van der Waals surface area contributed by atoms with Crippen LogP contribution in [0.2, 0.25) is 0 Å². The van der Waals surface area contributed by atoms with Crippen LogP contribution in [0.15, 0.2) is 11.4 Å². The van der Waals surface area contributed by atoms with E-state index in [1.165, 1.54) is 25.5 Å². The van der Waals surface area contributed by atoms with Gasteiger partial charge in [0.15, 0.2) is 0 Å². The highest BCUT2D eigenvalue weighted by Crippen LogP contribution is 2.50. The van der Waals surface area contributed by atoms with Crippen molar-refractivity contribution in [1.82, 2.24) is 10.2 Å². The van der Waals surface area contributed by atoms with Gasteiger partial charge in [0.05, 0.1) is 25.0 Å². The van der Waals surface area contributed by atoms with Crippen molar-refractivity contribution in [3.05, 3.63) is 21.9 Å². The third-order valence-electron chi connectivity index (χ3n) is 5.22. The predicted molar refractivity (Wildman–Crippen MR) is 94.0 cm³/mol. The summed E-state index contributed by atoms with van der Waals surface area (Å²) in [5.41, 5.74) is -0.516. The molecule has 0 saturated carbocycles. The lowest BCUT2D eigenvalue weighted by Crippen LogP contribution is -2.55. The number of ether oxygens (including phenoxy) is 1. The number of aliphatic hydroxyl groups excluding tert-OH is 1. The molecule has 2 aliphatic heterocycles. The second-order valence-electron chi connectivity index (χ2n) is 6.38. The number of hydrogen-bond donors (Lipinski definition) is 2. The minimum absolute atomic E-state index is 0.239. The van der Waals surface area contributed by atoms with E-state index in [0.717, 1.165) is 15.3 Å². The van der Waals surface area contributed by atoms with Gasteiger partial charge in [-0.2, -0.15) is 0 Å². The van der Waals surface area contributed by atoms with Crippen molar-refractivity contribution in [2.24, 2.45) is 11.8 Å². The topological polar surface area (TPSA) is 95.9 Å². The van der Waals surface area contributed by atoms with Gasteiger partial charge >= 0.3 is 5.97 Å². The highest BCUT2D eigenvalue weighted by atomic mass is 32.1. The van der Waals surface area contributed by atoms with E-state index in [-0.39, 0.29) is 18.4 Å². The number of nitrogens with zero attached hydrogens (tertiary/aromatic N) is 1. The molecule has 2 N–H and O–H groups in total. The molecule has 2 fully saturated rings. The highest BCUT2D eigenvalue weighted by molar-refractivity contribution is 7.10. The lowest BCUT2D eigenvalue weighted by molar-refractivity contribution is -0.154. The Balaban J connectivity index is 2.07. The SMILES string of the molecule is CC[C@]1(C(=O)OC)N[C@@H](c2cc(C#CCO)cs2)[C@H]2C(=O)N(C)C(=O)[C@H]21. The van der Waals surface area contributed by atoms with Crippen LogP contribution in [0.25, 0.3) is 0 Å². The number of esters is 1. The Morgan fingerprint density at radius 3 is 2.81 bits per heavy atom. The number of imide groups is 1. The molecule has 0 aromatic carbocycles. The van der Waals surface area contributed by atoms with Gasteiger partial charge in [0.1, 0.15) is 12.1 Å². The molecule has 0 spiro atoms. The highest BCUT2D eigenvalue weighted by Gasteiger charge is 2.67. The maximum atomic E-state index is 12.7. The maximum absolute atomic E-state index is 12.7. The molecule has 3 heterocycles. The van der Waals surface area contributed by atoms with Gasteiger partial charge in [-0.05, 0) is 12.5 Å². The number of carbonyl (C=O) groups excluding carboxylic acids is 3. The van der Waals surface area contributed by atoms with Crippen LogP contribution in [0.3, 0.4) is 0 Å². The first-order valence-electron chi connectivity index (χ1n) is 8.27. The zero-order valence-corrected chi connectivity index (χ0v) is 15.6. The van der Waals surface area contributed by atoms with E-state index < -0.39 is 29.4 Å². The zero-order chi connectivity index (χ0) is 19.1. The number of likely N-dealkylation sites (tertiary alicyclic amines) is 1. The number of carbonyl (C=O) groups is 3. The quantitative estimate of drug-likeness (QED) is 0.447. The molecule has 3 rings (SSSR count). The second-order valence-corrected chi connectivity index (χ2v) is 7.32. The molecule has 2 amide bonds. The van der Waals surface area contributed by atoms with Crippen molar-refractivity contribution < 1.29 is 24.2 Å². The third kappa shape index (κ3) is 2.55. The van der Waals surface area contributed by atoms with E-state index in [1.807, 2.05) is 11.4 Å². The van der Waals surface area contributed by atoms with E-state index in [2.05, 4.69) is 17.2 Å². The molecule has 1 aromatic heterocycles. The first-order chi connectivity index (χ1) is 12.4. The smallest absolute Gasteiger partial charge is 0.326 e. The maximum Gasteiger partial charge on any atom is 0.326 e.